The van der Waals surface area contributed by atoms with Crippen molar-refractivity contribution >= 4 is 10.9 Å². The Morgan fingerprint density at radius 1 is 1.05 bits per heavy atom. The van der Waals surface area contributed by atoms with Crippen LogP contribution in [0.3, 0.4) is 0 Å². The largest absolute Gasteiger partial charge is 0.306 e. The summed E-state index contributed by atoms with van der Waals surface area (Å²) in [5, 5.41) is 4.51. The van der Waals surface area contributed by atoms with Crippen LogP contribution in [0.1, 0.15) is 24.1 Å². The van der Waals surface area contributed by atoms with Gasteiger partial charge >= 0.3 is 0 Å². The van der Waals surface area contributed by atoms with Gasteiger partial charge in [-0.05, 0) is 30.7 Å². The van der Waals surface area contributed by atoms with E-state index in [4.69, 9.17) is 0 Å². The van der Waals surface area contributed by atoms with E-state index in [2.05, 4.69) is 16.4 Å². The van der Waals surface area contributed by atoms with E-state index in [1.54, 1.807) is 6.07 Å². The fourth-order valence-electron chi connectivity index (χ4n) is 2.51. The Kier molecular flexibility index (Phi) is 3.93. The standard InChI is InChI=1S/C18H17FN2/c1-13(15-6-2-4-8-17(15)19)21-12-14-10-11-20-18-9-5-3-7-16(14)18/h2-11,13,21H,12H2,1H3/t13-/m1/s1. The van der Waals surface area contributed by atoms with Crippen molar-refractivity contribution < 1.29 is 4.39 Å². The lowest BCUT2D eigenvalue weighted by atomic mass is 10.1. The van der Waals surface area contributed by atoms with Crippen molar-refractivity contribution in [2.24, 2.45) is 0 Å². The van der Waals surface area contributed by atoms with E-state index >= 15 is 0 Å². The fourth-order valence-corrected chi connectivity index (χ4v) is 2.51. The summed E-state index contributed by atoms with van der Waals surface area (Å²) in [6.07, 6.45) is 1.81. The molecule has 3 rings (SSSR count). The zero-order valence-electron chi connectivity index (χ0n) is 11.9. The van der Waals surface area contributed by atoms with Gasteiger partial charge in [-0.1, -0.05) is 36.4 Å². The van der Waals surface area contributed by atoms with Gasteiger partial charge in [0.15, 0.2) is 0 Å². The van der Waals surface area contributed by atoms with E-state index < -0.39 is 0 Å². The minimum Gasteiger partial charge on any atom is -0.306 e. The van der Waals surface area contributed by atoms with Crippen LogP contribution in [0, 0.1) is 5.82 Å². The molecule has 0 bridgehead atoms. The molecule has 21 heavy (non-hydrogen) atoms. The van der Waals surface area contributed by atoms with Gasteiger partial charge in [0.05, 0.1) is 5.52 Å². The molecule has 0 amide bonds. The Morgan fingerprint density at radius 3 is 2.67 bits per heavy atom. The Balaban J connectivity index is 1.79. The second-order valence-corrected chi connectivity index (χ2v) is 5.11. The Labute approximate surface area is 123 Å². The van der Waals surface area contributed by atoms with Gasteiger partial charge in [-0.2, -0.15) is 0 Å². The number of nitrogens with one attached hydrogen (secondary N) is 1. The van der Waals surface area contributed by atoms with Crippen LogP contribution in [-0.4, -0.2) is 4.98 Å². The van der Waals surface area contributed by atoms with Gasteiger partial charge in [0.25, 0.3) is 0 Å². The SMILES string of the molecule is C[C@@H](NCc1ccnc2ccccc12)c1ccccc1F. The van der Waals surface area contributed by atoms with Gasteiger partial charge in [-0.25, -0.2) is 4.39 Å². The molecule has 1 atom stereocenters. The van der Waals surface area contributed by atoms with E-state index in [0.717, 1.165) is 10.9 Å². The minimum absolute atomic E-state index is 0.0434. The molecule has 1 heterocycles. The normalized spacial score (nSPS) is 12.5. The molecule has 3 heteroatoms. The summed E-state index contributed by atoms with van der Waals surface area (Å²) in [7, 11) is 0. The highest BCUT2D eigenvalue weighted by molar-refractivity contribution is 5.81. The molecule has 0 fully saturated rings. The lowest BCUT2D eigenvalue weighted by Crippen LogP contribution is -2.19. The van der Waals surface area contributed by atoms with Crippen LogP contribution in [0.5, 0.6) is 0 Å². The minimum atomic E-state index is -0.169. The molecule has 2 aromatic carbocycles. The second-order valence-electron chi connectivity index (χ2n) is 5.11. The molecular formula is C18H17FN2. The van der Waals surface area contributed by atoms with Crippen LogP contribution < -0.4 is 5.32 Å². The predicted octanol–water partition coefficient (Wildman–Crippen LogP) is 4.22. The zero-order chi connectivity index (χ0) is 14.7. The molecule has 0 aliphatic rings. The van der Waals surface area contributed by atoms with Crippen LogP contribution in [0.2, 0.25) is 0 Å². The van der Waals surface area contributed by atoms with Gasteiger partial charge in [0.2, 0.25) is 0 Å². The summed E-state index contributed by atoms with van der Waals surface area (Å²) in [4.78, 5) is 4.35. The lowest BCUT2D eigenvalue weighted by Gasteiger charge is -2.15. The molecule has 1 N–H and O–H groups in total. The summed E-state index contributed by atoms with van der Waals surface area (Å²) in [6.45, 7) is 2.65. The number of pyridine rings is 1. The van der Waals surface area contributed by atoms with Gasteiger partial charge in [-0.15, -0.1) is 0 Å². The van der Waals surface area contributed by atoms with Crippen molar-refractivity contribution in [3.8, 4) is 0 Å². The molecule has 0 saturated carbocycles. The van der Waals surface area contributed by atoms with Crippen molar-refractivity contribution in [3.63, 3.8) is 0 Å². The highest BCUT2D eigenvalue weighted by Crippen LogP contribution is 2.19. The van der Waals surface area contributed by atoms with Crippen molar-refractivity contribution in [3.05, 3.63) is 77.7 Å². The molecule has 3 aromatic rings. The summed E-state index contributed by atoms with van der Waals surface area (Å²) in [5.74, 6) is -0.169. The Bertz CT molecular complexity index is 750. The molecule has 1 aromatic heterocycles. The third-order valence-electron chi connectivity index (χ3n) is 3.71. The zero-order valence-corrected chi connectivity index (χ0v) is 11.9. The summed E-state index contributed by atoms with van der Waals surface area (Å²) in [6, 6.07) is 16.9. The van der Waals surface area contributed by atoms with Crippen LogP contribution in [-0.2, 0) is 6.54 Å². The van der Waals surface area contributed by atoms with Crippen molar-refractivity contribution in [2.75, 3.05) is 0 Å². The number of rotatable bonds is 4. The number of hydrogen-bond acceptors (Lipinski definition) is 2. The number of aromatic nitrogens is 1. The maximum absolute atomic E-state index is 13.8. The first-order valence-corrected chi connectivity index (χ1v) is 7.06. The molecular weight excluding hydrogens is 263 g/mol. The second kappa shape index (κ2) is 6.02. The quantitative estimate of drug-likeness (QED) is 0.773. The van der Waals surface area contributed by atoms with Crippen LogP contribution in [0.15, 0.2) is 60.8 Å². The number of halogens is 1. The van der Waals surface area contributed by atoms with Gasteiger partial charge in [0, 0.05) is 29.7 Å². The number of benzene rings is 2. The molecule has 0 radical (unpaired) electrons. The van der Waals surface area contributed by atoms with E-state index in [9.17, 15) is 4.39 Å². The summed E-state index contributed by atoms with van der Waals surface area (Å²) in [5.41, 5.74) is 2.84. The Morgan fingerprint density at radius 2 is 1.81 bits per heavy atom. The van der Waals surface area contributed by atoms with Gasteiger partial charge < -0.3 is 5.32 Å². The van der Waals surface area contributed by atoms with Crippen LogP contribution >= 0.6 is 0 Å². The summed E-state index contributed by atoms with van der Waals surface area (Å²) < 4.78 is 13.8. The first kappa shape index (κ1) is 13.7. The number of hydrogen-bond donors (Lipinski definition) is 1. The smallest absolute Gasteiger partial charge is 0.127 e. The Hall–Kier alpha value is -2.26. The highest BCUT2D eigenvalue weighted by atomic mass is 19.1. The third kappa shape index (κ3) is 2.93. The molecule has 0 aliphatic carbocycles. The van der Waals surface area contributed by atoms with E-state index in [1.807, 2.05) is 49.5 Å². The average Bonchev–Trinajstić information content (AvgIpc) is 2.53. The molecule has 0 spiro atoms. The number of para-hydroxylation sites is 1. The van der Waals surface area contributed by atoms with Crippen molar-refractivity contribution in [2.45, 2.75) is 19.5 Å². The lowest BCUT2D eigenvalue weighted by molar-refractivity contribution is 0.529. The molecule has 2 nitrogen and oxygen atoms in total. The van der Waals surface area contributed by atoms with Crippen molar-refractivity contribution in [1.82, 2.24) is 10.3 Å². The molecule has 0 saturated heterocycles. The number of fused-ring (bicyclic) bond motifs is 1. The maximum Gasteiger partial charge on any atom is 0.127 e. The maximum atomic E-state index is 13.8. The summed E-state index contributed by atoms with van der Waals surface area (Å²) >= 11 is 0. The van der Waals surface area contributed by atoms with E-state index in [-0.39, 0.29) is 11.9 Å². The monoisotopic (exact) mass is 280 g/mol. The predicted molar refractivity (Wildman–Crippen MR) is 83.4 cm³/mol. The molecule has 0 unspecified atom stereocenters. The first-order valence-electron chi connectivity index (χ1n) is 7.06. The van der Waals surface area contributed by atoms with Crippen LogP contribution in [0.25, 0.3) is 10.9 Å². The molecule has 0 aliphatic heterocycles. The van der Waals surface area contributed by atoms with E-state index in [1.165, 1.54) is 11.6 Å². The average molecular weight is 280 g/mol. The highest BCUT2D eigenvalue weighted by Gasteiger charge is 2.10. The third-order valence-corrected chi connectivity index (χ3v) is 3.71. The van der Waals surface area contributed by atoms with Gasteiger partial charge in [0.1, 0.15) is 5.82 Å². The van der Waals surface area contributed by atoms with Crippen LogP contribution in [0.4, 0.5) is 4.39 Å². The topological polar surface area (TPSA) is 24.9 Å². The van der Waals surface area contributed by atoms with E-state index in [0.29, 0.717) is 12.1 Å². The fraction of sp³-hybridized carbons (Fsp3) is 0.167. The van der Waals surface area contributed by atoms with Gasteiger partial charge in [-0.3, -0.25) is 4.98 Å². The van der Waals surface area contributed by atoms with Crippen molar-refractivity contribution in [1.29, 1.82) is 0 Å². The number of nitrogens with zero attached hydrogens (tertiary/aromatic N) is 1. The first-order chi connectivity index (χ1) is 10.3. The molecule has 106 valence electrons.